The second kappa shape index (κ2) is 5.36. The molecule has 1 heterocycles. The fraction of sp³-hybridized carbons (Fsp3) is 0. The Hall–Kier alpha value is -0.290. The van der Waals surface area contributed by atoms with E-state index in [-0.39, 0.29) is 0 Å². The van der Waals surface area contributed by atoms with Gasteiger partial charge in [0.15, 0.2) is 0 Å². The van der Waals surface area contributed by atoms with Gasteiger partial charge in [-0.15, -0.1) is 0 Å². The maximum atomic E-state index is 5.90. The van der Waals surface area contributed by atoms with Gasteiger partial charge in [-0.3, -0.25) is 0 Å². The van der Waals surface area contributed by atoms with Gasteiger partial charge in [0.25, 0.3) is 0 Å². The summed E-state index contributed by atoms with van der Waals surface area (Å²) >= 11 is 16.6. The van der Waals surface area contributed by atoms with E-state index in [1.807, 2.05) is 24.3 Å². The Bertz CT molecular complexity index is 522. The van der Waals surface area contributed by atoms with Gasteiger partial charge in [0.1, 0.15) is 16.5 Å². The van der Waals surface area contributed by atoms with Crippen LogP contribution in [0.3, 0.4) is 0 Å². The van der Waals surface area contributed by atoms with E-state index in [1.54, 1.807) is 0 Å². The summed E-state index contributed by atoms with van der Waals surface area (Å²) < 4.78 is 0.696. The second-order valence-electron chi connectivity index (χ2n) is 2.84. The minimum Gasteiger partial charge on any atom is -0.228 e. The lowest BCUT2D eigenvalue weighted by molar-refractivity contribution is 1.03. The van der Waals surface area contributed by atoms with Gasteiger partial charge in [0, 0.05) is 9.92 Å². The smallest absolute Gasteiger partial charge is 0.147 e. The lowest BCUT2D eigenvalue weighted by atomic mass is 10.4. The molecular formula is C10H5BrCl2N2S. The summed E-state index contributed by atoms with van der Waals surface area (Å²) in [6.07, 6.45) is 1.43. The Kier molecular flexibility index (Phi) is 4.08. The predicted octanol–water partition coefficient (Wildman–Crippen LogP) is 4.70. The van der Waals surface area contributed by atoms with Crippen molar-refractivity contribution < 1.29 is 0 Å². The number of hydrogen-bond acceptors (Lipinski definition) is 3. The molecule has 0 saturated carbocycles. The van der Waals surface area contributed by atoms with Crippen molar-refractivity contribution in [3.8, 4) is 0 Å². The molecule has 0 spiro atoms. The van der Waals surface area contributed by atoms with Gasteiger partial charge in [-0.05, 0) is 34.1 Å². The van der Waals surface area contributed by atoms with E-state index in [0.717, 1.165) is 9.92 Å². The molecule has 1 aromatic heterocycles. The SMILES string of the molecule is Clc1cccc(Sc2ncnc(Cl)c2Br)c1. The molecule has 1 aromatic carbocycles. The summed E-state index contributed by atoms with van der Waals surface area (Å²) in [5, 5.41) is 1.86. The highest BCUT2D eigenvalue weighted by Crippen LogP contribution is 2.35. The molecule has 6 heteroatoms. The molecule has 0 fully saturated rings. The molecule has 2 nitrogen and oxygen atoms in total. The molecule has 0 bridgehead atoms. The number of nitrogens with zero attached hydrogens (tertiary/aromatic N) is 2. The van der Waals surface area contributed by atoms with Gasteiger partial charge >= 0.3 is 0 Å². The molecule has 0 N–H and O–H groups in total. The summed E-state index contributed by atoms with van der Waals surface area (Å²) in [7, 11) is 0. The summed E-state index contributed by atoms with van der Waals surface area (Å²) in [5.41, 5.74) is 0. The minimum absolute atomic E-state index is 0.402. The highest BCUT2D eigenvalue weighted by atomic mass is 79.9. The standard InChI is InChI=1S/C10H5BrCl2N2S/c11-8-9(13)14-5-15-10(8)16-7-3-1-2-6(12)4-7/h1-5H. The number of hydrogen-bond donors (Lipinski definition) is 0. The van der Waals surface area contributed by atoms with Crippen molar-refractivity contribution >= 4 is 50.9 Å². The molecule has 16 heavy (non-hydrogen) atoms. The topological polar surface area (TPSA) is 25.8 Å². The van der Waals surface area contributed by atoms with Crippen LogP contribution in [0.25, 0.3) is 0 Å². The fourth-order valence-electron chi connectivity index (χ4n) is 1.05. The summed E-state index contributed by atoms with van der Waals surface area (Å²) in [6, 6.07) is 7.54. The number of aromatic nitrogens is 2. The van der Waals surface area contributed by atoms with Crippen LogP contribution in [-0.4, -0.2) is 9.97 Å². The summed E-state index contributed by atoms with van der Waals surface area (Å²) in [6.45, 7) is 0. The Labute approximate surface area is 116 Å². The molecule has 0 amide bonds. The van der Waals surface area contributed by atoms with Gasteiger partial charge in [0.2, 0.25) is 0 Å². The highest BCUT2D eigenvalue weighted by molar-refractivity contribution is 9.10. The molecule has 0 atom stereocenters. The predicted molar refractivity (Wildman–Crippen MR) is 70.3 cm³/mol. The van der Waals surface area contributed by atoms with Crippen molar-refractivity contribution in [1.29, 1.82) is 0 Å². The van der Waals surface area contributed by atoms with E-state index in [1.165, 1.54) is 18.1 Å². The van der Waals surface area contributed by atoms with Crippen LogP contribution in [0.2, 0.25) is 10.2 Å². The lowest BCUT2D eigenvalue weighted by Crippen LogP contribution is -1.86. The van der Waals surface area contributed by atoms with Crippen LogP contribution in [-0.2, 0) is 0 Å². The van der Waals surface area contributed by atoms with Crippen molar-refractivity contribution in [2.45, 2.75) is 9.92 Å². The molecule has 2 rings (SSSR count). The molecule has 2 aromatic rings. The normalized spacial score (nSPS) is 10.4. The first-order valence-corrected chi connectivity index (χ1v) is 6.63. The average Bonchev–Trinajstić information content (AvgIpc) is 2.25. The van der Waals surface area contributed by atoms with Crippen LogP contribution in [0.1, 0.15) is 0 Å². The van der Waals surface area contributed by atoms with E-state index in [9.17, 15) is 0 Å². The molecule has 82 valence electrons. The van der Waals surface area contributed by atoms with Crippen molar-refractivity contribution in [2.75, 3.05) is 0 Å². The Balaban J connectivity index is 2.31. The third kappa shape index (κ3) is 2.88. The zero-order valence-corrected chi connectivity index (χ0v) is 11.7. The van der Waals surface area contributed by atoms with Crippen LogP contribution in [0.5, 0.6) is 0 Å². The number of benzene rings is 1. The first-order chi connectivity index (χ1) is 7.66. The third-order valence-electron chi connectivity index (χ3n) is 1.73. The van der Waals surface area contributed by atoms with Crippen molar-refractivity contribution in [2.24, 2.45) is 0 Å². The maximum Gasteiger partial charge on any atom is 0.147 e. The van der Waals surface area contributed by atoms with E-state index >= 15 is 0 Å². The zero-order chi connectivity index (χ0) is 11.5. The van der Waals surface area contributed by atoms with Gasteiger partial charge in [0.05, 0.1) is 4.47 Å². The Morgan fingerprint density at radius 2 is 2.00 bits per heavy atom. The molecular weight excluding hydrogens is 331 g/mol. The largest absolute Gasteiger partial charge is 0.228 e. The van der Waals surface area contributed by atoms with Gasteiger partial charge in [-0.1, -0.05) is 41.0 Å². The Morgan fingerprint density at radius 3 is 2.75 bits per heavy atom. The van der Waals surface area contributed by atoms with Gasteiger partial charge < -0.3 is 0 Å². The van der Waals surface area contributed by atoms with E-state index in [2.05, 4.69) is 25.9 Å². The number of halogens is 3. The number of rotatable bonds is 2. The lowest BCUT2D eigenvalue weighted by Gasteiger charge is -2.03. The quantitative estimate of drug-likeness (QED) is 0.744. The molecule has 0 unspecified atom stereocenters. The van der Waals surface area contributed by atoms with Crippen LogP contribution < -0.4 is 0 Å². The molecule has 0 radical (unpaired) electrons. The van der Waals surface area contributed by atoms with Crippen LogP contribution in [0.4, 0.5) is 0 Å². The van der Waals surface area contributed by atoms with Crippen molar-refractivity contribution in [1.82, 2.24) is 9.97 Å². The van der Waals surface area contributed by atoms with Gasteiger partial charge in [-0.2, -0.15) is 0 Å². The van der Waals surface area contributed by atoms with Crippen molar-refractivity contribution in [3.63, 3.8) is 0 Å². The van der Waals surface area contributed by atoms with E-state index in [4.69, 9.17) is 23.2 Å². The summed E-state index contributed by atoms with van der Waals surface area (Å²) in [5.74, 6) is 0. The molecule has 0 aliphatic carbocycles. The van der Waals surface area contributed by atoms with Crippen LogP contribution >= 0.6 is 50.9 Å². The Morgan fingerprint density at radius 1 is 1.19 bits per heavy atom. The summed E-state index contributed by atoms with van der Waals surface area (Å²) in [4.78, 5) is 9.01. The fourth-order valence-corrected chi connectivity index (χ4v) is 2.78. The molecule has 0 aliphatic heterocycles. The average molecular weight is 336 g/mol. The minimum atomic E-state index is 0.402. The maximum absolute atomic E-state index is 5.90. The van der Waals surface area contributed by atoms with E-state index < -0.39 is 0 Å². The zero-order valence-electron chi connectivity index (χ0n) is 7.82. The second-order valence-corrected chi connectivity index (χ2v) is 5.49. The highest BCUT2D eigenvalue weighted by Gasteiger charge is 2.08. The van der Waals surface area contributed by atoms with Crippen LogP contribution in [0, 0.1) is 0 Å². The first kappa shape index (κ1) is 12.2. The third-order valence-corrected chi connectivity index (χ3v) is 4.48. The first-order valence-electron chi connectivity index (χ1n) is 4.26. The molecule has 0 aliphatic rings. The monoisotopic (exact) mass is 334 g/mol. The van der Waals surface area contributed by atoms with Crippen LogP contribution in [0.15, 0.2) is 45.0 Å². The van der Waals surface area contributed by atoms with E-state index in [0.29, 0.717) is 14.6 Å². The molecule has 0 saturated heterocycles. The van der Waals surface area contributed by atoms with Gasteiger partial charge in [-0.25, -0.2) is 9.97 Å². The van der Waals surface area contributed by atoms with Crippen molar-refractivity contribution in [3.05, 3.63) is 45.2 Å².